The number of aromatic nitrogens is 1. The monoisotopic (exact) mass is 390 g/mol. The first-order valence-electron chi connectivity index (χ1n) is 7.78. The molecule has 4 nitrogen and oxygen atoms in total. The highest BCUT2D eigenvalue weighted by Gasteiger charge is 2.19. The Labute approximate surface area is 159 Å². The van der Waals surface area contributed by atoms with Gasteiger partial charge in [0.2, 0.25) is 0 Å². The van der Waals surface area contributed by atoms with Crippen LogP contribution in [0.2, 0.25) is 5.02 Å². The molecule has 0 aliphatic heterocycles. The standard InChI is InChI=1S/C19H16ClFN2O2S/c1-23(10-12-9-13(20)7-8-17(12)25-2)19(24)16-11-26-18(22-16)14-5-3-4-6-15(14)21/h3-9,11H,10H2,1-2H3. The Balaban J connectivity index is 1.80. The van der Waals surface area contributed by atoms with Crippen LogP contribution >= 0.6 is 22.9 Å². The Hall–Kier alpha value is -2.44. The second-order valence-corrected chi connectivity index (χ2v) is 6.93. The van der Waals surface area contributed by atoms with E-state index in [1.165, 1.54) is 22.3 Å². The molecule has 0 saturated carbocycles. The fourth-order valence-corrected chi connectivity index (χ4v) is 3.54. The lowest BCUT2D eigenvalue weighted by molar-refractivity contribution is 0.0779. The molecule has 0 atom stereocenters. The fourth-order valence-electron chi connectivity index (χ4n) is 2.52. The number of rotatable bonds is 5. The van der Waals surface area contributed by atoms with Crippen molar-refractivity contribution in [2.75, 3.05) is 14.2 Å². The van der Waals surface area contributed by atoms with Gasteiger partial charge in [0.25, 0.3) is 5.91 Å². The Morgan fingerprint density at radius 3 is 2.81 bits per heavy atom. The van der Waals surface area contributed by atoms with E-state index in [0.717, 1.165) is 5.56 Å². The highest BCUT2D eigenvalue weighted by Crippen LogP contribution is 2.27. The Morgan fingerprint density at radius 1 is 1.31 bits per heavy atom. The normalized spacial score (nSPS) is 10.6. The van der Waals surface area contributed by atoms with E-state index in [4.69, 9.17) is 16.3 Å². The number of thiazole rings is 1. The van der Waals surface area contributed by atoms with Crippen LogP contribution in [0.5, 0.6) is 5.75 Å². The largest absolute Gasteiger partial charge is 0.496 e. The van der Waals surface area contributed by atoms with E-state index in [1.54, 1.807) is 55.9 Å². The lowest BCUT2D eigenvalue weighted by atomic mass is 10.2. The molecule has 134 valence electrons. The van der Waals surface area contributed by atoms with Crippen LogP contribution in [0, 0.1) is 5.82 Å². The summed E-state index contributed by atoms with van der Waals surface area (Å²) >= 11 is 7.27. The lowest BCUT2D eigenvalue weighted by Crippen LogP contribution is -2.26. The van der Waals surface area contributed by atoms with Gasteiger partial charge in [-0.1, -0.05) is 23.7 Å². The van der Waals surface area contributed by atoms with Crippen molar-refractivity contribution < 1.29 is 13.9 Å². The molecule has 0 spiro atoms. The van der Waals surface area contributed by atoms with Gasteiger partial charge in [-0.05, 0) is 30.3 Å². The number of amides is 1. The second-order valence-electron chi connectivity index (χ2n) is 5.64. The highest BCUT2D eigenvalue weighted by atomic mass is 35.5. The minimum Gasteiger partial charge on any atom is -0.496 e. The van der Waals surface area contributed by atoms with E-state index in [1.807, 2.05) is 0 Å². The Kier molecular flexibility index (Phi) is 5.54. The van der Waals surface area contributed by atoms with Crippen molar-refractivity contribution in [2.45, 2.75) is 6.54 Å². The van der Waals surface area contributed by atoms with Gasteiger partial charge >= 0.3 is 0 Å². The highest BCUT2D eigenvalue weighted by molar-refractivity contribution is 7.13. The fraction of sp³-hybridized carbons (Fsp3) is 0.158. The van der Waals surface area contributed by atoms with Gasteiger partial charge in [0.1, 0.15) is 22.3 Å². The number of carbonyl (C=O) groups excluding carboxylic acids is 1. The summed E-state index contributed by atoms with van der Waals surface area (Å²) in [6, 6.07) is 11.6. The van der Waals surface area contributed by atoms with Crippen molar-refractivity contribution in [3.05, 3.63) is 69.9 Å². The molecule has 2 aromatic carbocycles. The minimum absolute atomic E-state index is 0.258. The van der Waals surface area contributed by atoms with Crippen molar-refractivity contribution in [3.8, 4) is 16.3 Å². The zero-order valence-corrected chi connectivity index (χ0v) is 15.8. The van der Waals surface area contributed by atoms with Crippen molar-refractivity contribution in [3.63, 3.8) is 0 Å². The second kappa shape index (κ2) is 7.85. The molecule has 7 heteroatoms. The number of methoxy groups -OCH3 is 1. The number of halogens is 2. The number of hydrogen-bond acceptors (Lipinski definition) is 4. The van der Waals surface area contributed by atoms with E-state index >= 15 is 0 Å². The first kappa shape index (κ1) is 18.4. The predicted molar refractivity (Wildman–Crippen MR) is 101 cm³/mol. The SMILES string of the molecule is COc1ccc(Cl)cc1CN(C)C(=O)c1csc(-c2ccccc2F)n1. The third-order valence-electron chi connectivity index (χ3n) is 3.82. The van der Waals surface area contributed by atoms with Gasteiger partial charge in [0, 0.05) is 35.1 Å². The number of benzene rings is 2. The van der Waals surface area contributed by atoms with Gasteiger partial charge < -0.3 is 9.64 Å². The molecule has 26 heavy (non-hydrogen) atoms. The van der Waals surface area contributed by atoms with Crippen LogP contribution in [-0.4, -0.2) is 29.9 Å². The molecule has 1 amide bonds. The van der Waals surface area contributed by atoms with Gasteiger partial charge in [0.15, 0.2) is 0 Å². The third-order valence-corrected chi connectivity index (χ3v) is 4.93. The number of carbonyl (C=O) groups is 1. The zero-order chi connectivity index (χ0) is 18.7. The van der Waals surface area contributed by atoms with Crippen LogP contribution in [0.25, 0.3) is 10.6 Å². The number of nitrogens with zero attached hydrogens (tertiary/aromatic N) is 2. The maximum absolute atomic E-state index is 13.9. The summed E-state index contributed by atoms with van der Waals surface area (Å²) in [5.74, 6) is 0.0307. The van der Waals surface area contributed by atoms with E-state index in [2.05, 4.69) is 4.98 Å². The summed E-state index contributed by atoms with van der Waals surface area (Å²) in [7, 11) is 3.24. The van der Waals surface area contributed by atoms with Crippen molar-refractivity contribution in [2.24, 2.45) is 0 Å². The van der Waals surface area contributed by atoms with Gasteiger partial charge in [-0.3, -0.25) is 4.79 Å². The van der Waals surface area contributed by atoms with Gasteiger partial charge in [0.05, 0.1) is 7.11 Å². The van der Waals surface area contributed by atoms with Crippen LogP contribution in [0.4, 0.5) is 4.39 Å². The summed E-state index contributed by atoms with van der Waals surface area (Å²) in [5.41, 5.74) is 1.45. The number of hydrogen-bond donors (Lipinski definition) is 0. The maximum Gasteiger partial charge on any atom is 0.273 e. The molecule has 0 aliphatic rings. The first-order chi connectivity index (χ1) is 12.5. The first-order valence-corrected chi connectivity index (χ1v) is 9.03. The summed E-state index contributed by atoms with van der Waals surface area (Å²) in [6.07, 6.45) is 0. The molecule has 0 aliphatic carbocycles. The average Bonchev–Trinajstić information content (AvgIpc) is 3.11. The van der Waals surface area contributed by atoms with Crippen LogP contribution in [0.1, 0.15) is 16.1 Å². The topological polar surface area (TPSA) is 42.4 Å². The average molecular weight is 391 g/mol. The zero-order valence-electron chi connectivity index (χ0n) is 14.2. The minimum atomic E-state index is -0.363. The van der Waals surface area contributed by atoms with Crippen LogP contribution in [0.3, 0.4) is 0 Å². The van der Waals surface area contributed by atoms with Crippen LogP contribution < -0.4 is 4.74 Å². The van der Waals surface area contributed by atoms with Crippen molar-refractivity contribution in [1.82, 2.24) is 9.88 Å². The molecular weight excluding hydrogens is 375 g/mol. The molecule has 0 saturated heterocycles. The molecule has 1 aromatic heterocycles. The van der Waals surface area contributed by atoms with Crippen molar-refractivity contribution >= 4 is 28.8 Å². The van der Waals surface area contributed by atoms with Gasteiger partial charge in [-0.2, -0.15) is 0 Å². The predicted octanol–water partition coefficient (Wildman–Crippen LogP) is 4.88. The third kappa shape index (κ3) is 3.86. The smallest absolute Gasteiger partial charge is 0.273 e. The van der Waals surface area contributed by atoms with E-state index in [-0.39, 0.29) is 17.4 Å². The molecule has 0 bridgehead atoms. The molecule has 1 heterocycles. The van der Waals surface area contributed by atoms with Crippen LogP contribution in [0.15, 0.2) is 47.8 Å². The Morgan fingerprint density at radius 2 is 2.08 bits per heavy atom. The molecule has 0 fully saturated rings. The maximum atomic E-state index is 13.9. The lowest BCUT2D eigenvalue weighted by Gasteiger charge is -2.18. The van der Waals surface area contributed by atoms with E-state index in [9.17, 15) is 9.18 Å². The molecule has 0 N–H and O–H groups in total. The van der Waals surface area contributed by atoms with Crippen LogP contribution in [-0.2, 0) is 6.54 Å². The van der Waals surface area contributed by atoms with E-state index < -0.39 is 0 Å². The van der Waals surface area contributed by atoms with Crippen molar-refractivity contribution in [1.29, 1.82) is 0 Å². The summed E-state index contributed by atoms with van der Waals surface area (Å²) in [6.45, 7) is 0.315. The quantitative estimate of drug-likeness (QED) is 0.623. The molecule has 3 aromatic rings. The van der Waals surface area contributed by atoms with E-state index in [0.29, 0.717) is 27.9 Å². The van der Waals surface area contributed by atoms with Gasteiger partial charge in [-0.25, -0.2) is 9.37 Å². The summed E-state index contributed by atoms with van der Waals surface area (Å²) in [5, 5.41) is 2.67. The summed E-state index contributed by atoms with van der Waals surface area (Å²) in [4.78, 5) is 18.5. The molecule has 0 radical (unpaired) electrons. The molecular formula is C19H16ClFN2O2S. The van der Waals surface area contributed by atoms with Gasteiger partial charge in [-0.15, -0.1) is 11.3 Å². The Bertz CT molecular complexity index is 945. The molecule has 0 unspecified atom stereocenters. The number of ether oxygens (including phenoxy) is 1. The molecule has 3 rings (SSSR count). The summed E-state index contributed by atoms with van der Waals surface area (Å²) < 4.78 is 19.2.